The lowest BCUT2D eigenvalue weighted by molar-refractivity contribution is -0.385. The molecule has 1 aliphatic heterocycles. The number of nitro benzene ring substituents is 1. The Bertz CT molecular complexity index is 644. The highest BCUT2D eigenvalue weighted by Crippen LogP contribution is 2.38. The minimum Gasteiger partial charge on any atom is -0.486 e. The molecule has 0 fully saturated rings. The van der Waals surface area contributed by atoms with E-state index in [-0.39, 0.29) is 11.4 Å². The normalized spacial score (nSPS) is 13.8. The van der Waals surface area contributed by atoms with Gasteiger partial charge in [0.15, 0.2) is 11.6 Å². The quantitative estimate of drug-likeness (QED) is 0.684. The number of imidazole rings is 1. The van der Waals surface area contributed by atoms with Crippen LogP contribution in [0.15, 0.2) is 24.7 Å². The maximum Gasteiger partial charge on any atom is 0.274 e. The Balaban J connectivity index is 2.00. The number of hydrogen-bond acceptors (Lipinski definition) is 5. The molecule has 0 radical (unpaired) electrons. The monoisotopic (exact) mass is 278 g/mol. The molecule has 0 saturated heterocycles. The summed E-state index contributed by atoms with van der Waals surface area (Å²) in [4.78, 5) is 18.9. The highest BCUT2D eigenvalue weighted by molar-refractivity contribution is 5.65. The fourth-order valence-electron chi connectivity index (χ4n) is 2.16. The van der Waals surface area contributed by atoms with Crippen LogP contribution in [0.25, 0.3) is 0 Å². The maximum absolute atomic E-state index is 13.9. The van der Waals surface area contributed by atoms with Gasteiger partial charge < -0.3 is 14.6 Å². The van der Waals surface area contributed by atoms with Gasteiger partial charge in [-0.1, -0.05) is 0 Å². The second kappa shape index (κ2) is 4.80. The summed E-state index contributed by atoms with van der Waals surface area (Å²) in [6.07, 6.45) is 3.27. The van der Waals surface area contributed by atoms with Crippen molar-refractivity contribution in [2.75, 3.05) is 18.1 Å². The van der Waals surface area contributed by atoms with Gasteiger partial charge in [-0.2, -0.15) is 0 Å². The van der Waals surface area contributed by atoms with Crippen molar-refractivity contribution in [1.29, 1.82) is 0 Å². The van der Waals surface area contributed by atoms with Crippen LogP contribution >= 0.6 is 0 Å². The van der Waals surface area contributed by atoms with E-state index in [9.17, 15) is 14.5 Å². The first-order chi connectivity index (χ1) is 9.65. The molecule has 1 aromatic carbocycles. The van der Waals surface area contributed by atoms with Crippen LogP contribution in [0.5, 0.6) is 5.75 Å². The van der Waals surface area contributed by atoms with E-state index in [0.717, 1.165) is 11.8 Å². The third-order valence-corrected chi connectivity index (χ3v) is 3.08. The fourth-order valence-corrected chi connectivity index (χ4v) is 2.16. The van der Waals surface area contributed by atoms with Crippen LogP contribution in [-0.4, -0.2) is 28.0 Å². The van der Waals surface area contributed by atoms with Crippen molar-refractivity contribution in [3.63, 3.8) is 0 Å². The van der Waals surface area contributed by atoms with Crippen LogP contribution in [0, 0.1) is 15.9 Å². The smallest absolute Gasteiger partial charge is 0.274 e. The zero-order valence-corrected chi connectivity index (χ0v) is 10.4. The molecule has 0 bridgehead atoms. The van der Waals surface area contributed by atoms with Crippen LogP contribution < -0.4 is 9.64 Å². The van der Waals surface area contributed by atoms with E-state index in [1.54, 1.807) is 12.5 Å². The van der Waals surface area contributed by atoms with Crippen molar-refractivity contribution in [2.45, 2.75) is 6.54 Å². The summed E-state index contributed by atoms with van der Waals surface area (Å²) in [5.41, 5.74) is 0.856. The van der Waals surface area contributed by atoms with Gasteiger partial charge in [-0.3, -0.25) is 10.1 Å². The first kappa shape index (κ1) is 12.4. The van der Waals surface area contributed by atoms with Gasteiger partial charge in [0.2, 0.25) is 0 Å². The Hall–Kier alpha value is -2.64. The van der Waals surface area contributed by atoms with E-state index >= 15 is 0 Å². The van der Waals surface area contributed by atoms with E-state index in [2.05, 4.69) is 9.97 Å². The molecule has 1 aliphatic rings. The Morgan fingerprint density at radius 2 is 2.40 bits per heavy atom. The Morgan fingerprint density at radius 3 is 3.10 bits per heavy atom. The molecule has 0 amide bonds. The standard InChI is InChI=1S/C12H11FN4O3/c13-10-3-9(17(18)19)4-11-12(10)20-2-1-16(11)6-8-5-14-7-15-8/h3-5,7H,1-2,6H2,(H,14,15). The summed E-state index contributed by atoms with van der Waals surface area (Å²) in [5.74, 6) is -0.668. The lowest BCUT2D eigenvalue weighted by Gasteiger charge is -2.30. The average molecular weight is 278 g/mol. The summed E-state index contributed by atoms with van der Waals surface area (Å²) in [5, 5.41) is 10.8. The number of H-pyrrole nitrogens is 1. The Morgan fingerprint density at radius 1 is 1.55 bits per heavy atom. The van der Waals surface area contributed by atoms with Gasteiger partial charge in [0.05, 0.1) is 41.8 Å². The molecule has 0 atom stereocenters. The minimum absolute atomic E-state index is 0.0531. The highest BCUT2D eigenvalue weighted by atomic mass is 19.1. The summed E-state index contributed by atoms with van der Waals surface area (Å²) >= 11 is 0. The zero-order chi connectivity index (χ0) is 14.1. The lowest BCUT2D eigenvalue weighted by Crippen LogP contribution is -2.32. The zero-order valence-electron chi connectivity index (χ0n) is 10.4. The average Bonchev–Trinajstić information content (AvgIpc) is 2.92. The molecule has 1 N–H and O–H groups in total. The predicted molar refractivity (Wildman–Crippen MR) is 68.2 cm³/mol. The third-order valence-electron chi connectivity index (χ3n) is 3.08. The molecule has 0 spiro atoms. The molecular formula is C12H11FN4O3. The summed E-state index contributed by atoms with van der Waals surface area (Å²) in [7, 11) is 0. The molecule has 3 rings (SSSR count). The number of nitro groups is 1. The van der Waals surface area contributed by atoms with Gasteiger partial charge in [-0.15, -0.1) is 0 Å². The lowest BCUT2D eigenvalue weighted by atomic mass is 10.2. The van der Waals surface area contributed by atoms with Crippen molar-refractivity contribution >= 4 is 11.4 Å². The molecule has 8 heteroatoms. The third kappa shape index (κ3) is 2.15. The first-order valence-electron chi connectivity index (χ1n) is 5.98. The molecule has 104 valence electrons. The van der Waals surface area contributed by atoms with E-state index in [0.29, 0.717) is 25.4 Å². The number of nitrogens with zero attached hydrogens (tertiary/aromatic N) is 3. The van der Waals surface area contributed by atoms with Crippen molar-refractivity contribution in [1.82, 2.24) is 9.97 Å². The molecule has 2 aromatic rings. The Kier molecular flexibility index (Phi) is 2.97. The van der Waals surface area contributed by atoms with Gasteiger partial charge in [-0.05, 0) is 0 Å². The van der Waals surface area contributed by atoms with E-state index in [4.69, 9.17) is 4.74 Å². The van der Waals surface area contributed by atoms with Crippen molar-refractivity contribution in [3.8, 4) is 5.75 Å². The molecule has 0 saturated carbocycles. The van der Waals surface area contributed by atoms with Crippen LogP contribution in [-0.2, 0) is 6.54 Å². The number of benzene rings is 1. The molecule has 1 aromatic heterocycles. The van der Waals surface area contributed by atoms with Crippen molar-refractivity contribution < 1.29 is 14.1 Å². The summed E-state index contributed by atoms with van der Waals surface area (Å²) in [6, 6.07) is 2.20. The van der Waals surface area contributed by atoms with Crippen LogP contribution in [0.4, 0.5) is 15.8 Å². The summed E-state index contributed by atoms with van der Waals surface area (Å²) < 4.78 is 19.1. The second-order valence-corrected chi connectivity index (χ2v) is 4.36. The van der Waals surface area contributed by atoms with Gasteiger partial charge >= 0.3 is 0 Å². The summed E-state index contributed by atoms with van der Waals surface area (Å²) in [6.45, 7) is 1.27. The van der Waals surface area contributed by atoms with E-state index in [1.807, 2.05) is 4.90 Å². The number of fused-ring (bicyclic) bond motifs is 1. The van der Waals surface area contributed by atoms with Gasteiger partial charge in [0.25, 0.3) is 5.69 Å². The number of hydrogen-bond donors (Lipinski definition) is 1. The topological polar surface area (TPSA) is 84.3 Å². The highest BCUT2D eigenvalue weighted by Gasteiger charge is 2.25. The molecule has 2 heterocycles. The molecular weight excluding hydrogens is 267 g/mol. The van der Waals surface area contributed by atoms with Crippen molar-refractivity contribution in [2.24, 2.45) is 0 Å². The number of rotatable bonds is 3. The van der Waals surface area contributed by atoms with Crippen LogP contribution in [0.1, 0.15) is 5.69 Å². The van der Waals surface area contributed by atoms with Gasteiger partial charge in [-0.25, -0.2) is 9.37 Å². The second-order valence-electron chi connectivity index (χ2n) is 4.36. The molecule has 7 nitrogen and oxygen atoms in total. The van der Waals surface area contributed by atoms with Gasteiger partial charge in [0.1, 0.15) is 6.61 Å². The van der Waals surface area contributed by atoms with Gasteiger partial charge in [0, 0.05) is 12.3 Å². The molecule has 0 unspecified atom stereocenters. The van der Waals surface area contributed by atoms with E-state index in [1.165, 1.54) is 6.07 Å². The minimum atomic E-state index is -0.721. The predicted octanol–water partition coefficient (Wildman–Crippen LogP) is 1.86. The largest absolute Gasteiger partial charge is 0.486 e. The fraction of sp³-hybridized carbons (Fsp3) is 0.250. The number of nitrogens with one attached hydrogen (secondary N) is 1. The maximum atomic E-state index is 13.9. The number of non-ortho nitro benzene ring substituents is 1. The van der Waals surface area contributed by atoms with Crippen LogP contribution in [0.2, 0.25) is 0 Å². The first-order valence-corrected chi connectivity index (χ1v) is 5.98. The van der Waals surface area contributed by atoms with Crippen molar-refractivity contribution in [3.05, 3.63) is 46.3 Å². The number of ether oxygens (including phenoxy) is 1. The van der Waals surface area contributed by atoms with Crippen LogP contribution in [0.3, 0.4) is 0 Å². The van der Waals surface area contributed by atoms with E-state index < -0.39 is 10.7 Å². The molecule has 0 aliphatic carbocycles. The number of halogens is 1. The number of aromatic nitrogens is 2. The Labute approximate surface area is 113 Å². The SMILES string of the molecule is O=[N+]([O-])c1cc(F)c2c(c1)N(Cc1c[nH]cn1)CCO2. The number of anilines is 1. The number of aromatic amines is 1. The molecule has 20 heavy (non-hydrogen) atoms.